The maximum atomic E-state index is 12.3. The van der Waals surface area contributed by atoms with Crippen molar-refractivity contribution >= 4 is 17.7 Å². The Morgan fingerprint density at radius 2 is 1.92 bits per heavy atom. The van der Waals surface area contributed by atoms with E-state index in [2.05, 4.69) is 10.2 Å². The molecule has 2 aliphatic rings. The van der Waals surface area contributed by atoms with Gasteiger partial charge in [0, 0.05) is 13.1 Å². The number of ether oxygens (including phenoxy) is 1. The van der Waals surface area contributed by atoms with E-state index in [0.29, 0.717) is 11.1 Å². The van der Waals surface area contributed by atoms with Crippen LogP contribution in [0.25, 0.3) is 0 Å². The second kappa shape index (κ2) is 7.48. The zero-order valence-corrected chi connectivity index (χ0v) is 16.2. The third-order valence-corrected chi connectivity index (χ3v) is 5.28. The summed E-state index contributed by atoms with van der Waals surface area (Å²) in [4.78, 5) is 14.2. The van der Waals surface area contributed by atoms with Crippen molar-refractivity contribution in [3.63, 3.8) is 0 Å². The number of carbonyl (C=O) groups excluding carboxylic acids is 1. The molecule has 1 unspecified atom stereocenters. The van der Waals surface area contributed by atoms with Crippen molar-refractivity contribution in [2.24, 2.45) is 5.92 Å². The average Bonchev–Trinajstić information content (AvgIpc) is 2.56. The van der Waals surface area contributed by atoms with Crippen molar-refractivity contribution in [2.45, 2.75) is 71.3 Å². The van der Waals surface area contributed by atoms with Crippen molar-refractivity contribution in [3.05, 3.63) is 22.0 Å². The molecule has 1 saturated heterocycles. The topological polar surface area (TPSA) is 55.3 Å². The molecule has 1 aromatic rings. The van der Waals surface area contributed by atoms with Crippen molar-refractivity contribution in [1.29, 1.82) is 0 Å². The predicted octanol–water partition coefficient (Wildman–Crippen LogP) is 4.20. The number of aromatic nitrogens is 2. The summed E-state index contributed by atoms with van der Waals surface area (Å²) in [5, 5.41) is 9.14. The van der Waals surface area contributed by atoms with Gasteiger partial charge in [0.25, 0.3) is 0 Å². The summed E-state index contributed by atoms with van der Waals surface area (Å²) in [7, 11) is 0. The first-order valence-corrected chi connectivity index (χ1v) is 9.72. The average molecular weight is 366 g/mol. The lowest BCUT2D eigenvalue weighted by Crippen LogP contribution is -2.43. The third-order valence-electron chi connectivity index (χ3n) is 4.98. The lowest BCUT2D eigenvalue weighted by molar-refractivity contribution is 0.0165. The maximum absolute atomic E-state index is 12.3. The number of piperidine rings is 1. The van der Waals surface area contributed by atoms with Crippen LogP contribution >= 0.6 is 11.6 Å². The summed E-state index contributed by atoms with van der Waals surface area (Å²) < 4.78 is 5.52. The van der Waals surface area contributed by atoms with Crippen molar-refractivity contribution in [1.82, 2.24) is 15.1 Å². The zero-order valence-electron chi connectivity index (χ0n) is 15.5. The fraction of sp³-hybridized carbons (Fsp3) is 0.737. The first-order valence-electron chi connectivity index (χ1n) is 9.34. The highest BCUT2D eigenvalue weighted by Gasteiger charge is 2.29. The Morgan fingerprint density at radius 1 is 1.20 bits per heavy atom. The molecule has 138 valence electrons. The molecule has 0 spiro atoms. The molecular weight excluding hydrogens is 338 g/mol. The molecular formula is C19H28ClN3O2. The highest BCUT2D eigenvalue weighted by molar-refractivity contribution is 6.30. The van der Waals surface area contributed by atoms with Crippen LogP contribution < -0.4 is 0 Å². The Bertz CT molecular complexity index is 642. The van der Waals surface area contributed by atoms with E-state index < -0.39 is 5.60 Å². The summed E-state index contributed by atoms with van der Waals surface area (Å²) in [6, 6.07) is 0. The zero-order chi connectivity index (χ0) is 18.0. The van der Waals surface area contributed by atoms with Crippen LogP contribution in [0, 0.1) is 5.92 Å². The summed E-state index contributed by atoms with van der Waals surface area (Å²) in [6.07, 6.45) is 7.19. The van der Waals surface area contributed by atoms with Gasteiger partial charge in [-0.05, 0) is 82.8 Å². The molecule has 1 aliphatic heterocycles. The Labute approximate surface area is 155 Å². The molecule has 0 N–H and O–H groups in total. The minimum atomic E-state index is -0.454. The predicted molar refractivity (Wildman–Crippen MR) is 97.9 cm³/mol. The standard InChI is InChI=1S/C19H28ClN3O2/c1-19(2,3)25-18(24)23-10-6-7-13(12-23)11-16-14-8-4-5-9-15(14)17(20)22-21-16/h13H,4-12H2,1-3H3. The van der Waals surface area contributed by atoms with Gasteiger partial charge < -0.3 is 9.64 Å². The summed E-state index contributed by atoms with van der Waals surface area (Å²) in [5.74, 6) is 0.405. The van der Waals surface area contributed by atoms with Crippen LogP contribution in [0.4, 0.5) is 4.79 Å². The molecule has 3 rings (SSSR count). The number of hydrogen-bond donors (Lipinski definition) is 0. The second-order valence-electron chi connectivity index (χ2n) is 8.24. The van der Waals surface area contributed by atoms with Gasteiger partial charge in [-0.1, -0.05) is 11.6 Å². The van der Waals surface area contributed by atoms with E-state index >= 15 is 0 Å². The van der Waals surface area contributed by atoms with Crippen molar-refractivity contribution < 1.29 is 9.53 Å². The fourth-order valence-corrected chi connectivity index (χ4v) is 4.08. The summed E-state index contributed by atoms with van der Waals surface area (Å²) in [5.41, 5.74) is 3.12. The monoisotopic (exact) mass is 365 g/mol. The molecule has 0 aromatic carbocycles. The number of nitrogens with zero attached hydrogens (tertiary/aromatic N) is 3. The molecule has 1 amide bonds. The Hall–Kier alpha value is -1.36. The second-order valence-corrected chi connectivity index (χ2v) is 8.60. The number of rotatable bonds is 2. The Morgan fingerprint density at radius 3 is 2.64 bits per heavy atom. The van der Waals surface area contributed by atoms with Gasteiger partial charge in [0.1, 0.15) is 5.60 Å². The molecule has 0 bridgehead atoms. The van der Waals surface area contributed by atoms with Gasteiger partial charge in [-0.2, -0.15) is 5.10 Å². The van der Waals surface area contributed by atoms with E-state index in [1.54, 1.807) is 0 Å². The number of halogens is 1. The van der Waals surface area contributed by atoms with E-state index in [0.717, 1.165) is 50.9 Å². The van der Waals surface area contributed by atoms with Gasteiger partial charge in [-0.25, -0.2) is 4.79 Å². The molecule has 25 heavy (non-hydrogen) atoms. The molecule has 2 heterocycles. The molecule has 5 nitrogen and oxygen atoms in total. The summed E-state index contributed by atoms with van der Waals surface area (Å²) in [6.45, 7) is 7.22. The van der Waals surface area contributed by atoms with Gasteiger partial charge in [0.2, 0.25) is 0 Å². The molecule has 0 radical (unpaired) electrons. The highest BCUT2D eigenvalue weighted by atomic mass is 35.5. The number of likely N-dealkylation sites (tertiary alicyclic amines) is 1. The third kappa shape index (κ3) is 4.63. The van der Waals surface area contributed by atoms with E-state index in [9.17, 15) is 4.79 Å². The number of amides is 1. The molecule has 1 atom stereocenters. The fourth-order valence-electron chi connectivity index (χ4n) is 3.84. The van der Waals surface area contributed by atoms with Crippen LogP contribution in [0.5, 0.6) is 0 Å². The largest absolute Gasteiger partial charge is 0.444 e. The van der Waals surface area contributed by atoms with Crippen molar-refractivity contribution in [2.75, 3.05) is 13.1 Å². The minimum absolute atomic E-state index is 0.207. The number of hydrogen-bond acceptors (Lipinski definition) is 4. The van der Waals surface area contributed by atoms with Gasteiger partial charge in [0.15, 0.2) is 5.15 Å². The van der Waals surface area contributed by atoms with Crippen molar-refractivity contribution in [3.8, 4) is 0 Å². The Balaban J connectivity index is 1.68. The van der Waals surface area contributed by atoms with E-state index in [1.807, 2.05) is 25.7 Å². The smallest absolute Gasteiger partial charge is 0.410 e. The lowest BCUT2D eigenvalue weighted by Gasteiger charge is -2.34. The van der Waals surface area contributed by atoms with Gasteiger partial charge in [-0.15, -0.1) is 5.10 Å². The van der Waals surface area contributed by atoms with Crippen LogP contribution in [0.15, 0.2) is 0 Å². The van der Waals surface area contributed by atoms with E-state index in [1.165, 1.54) is 24.0 Å². The number of fused-ring (bicyclic) bond motifs is 1. The molecule has 1 aromatic heterocycles. The lowest BCUT2D eigenvalue weighted by atomic mass is 9.87. The highest BCUT2D eigenvalue weighted by Crippen LogP contribution is 2.30. The van der Waals surface area contributed by atoms with Gasteiger partial charge in [-0.3, -0.25) is 0 Å². The molecule has 0 saturated carbocycles. The maximum Gasteiger partial charge on any atom is 0.410 e. The molecule has 6 heteroatoms. The molecule has 1 aliphatic carbocycles. The SMILES string of the molecule is CC(C)(C)OC(=O)N1CCCC(Cc2nnc(Cl)c3c2CCCC3)C1. The Kier molecular flexibility index (Phi) is 5.52. The van der Waals surface area contributed by atoms with E-state index in [4.69, 9.17) is 16.3 Å². The van der Waals surface area contributed by atoms with Crippen LogP contribution in [0.2, 0.25) is 5.15 Å². The molecule has 1 fully saturated rings. The van der Waals surface area contributed by atoms with E-state index in [-0.39, 0.29) is 6.09 Å². The van der Waals surface area contributed by atoms with Crippen LogP contribution in [0.1, 0.15) is 63.3 Å². The van der Waals surface area contributed by atoms with Crippen LogP contribution in [-0.2, 0) is 24.0 Å². The van der Waals surface area contributed by atoms with Crippen LogP contribution in [-0.4, -0.2) is 39.9 Å². The first-order chi connectivity index (χ1) is 11.8. The van der Waals surface area contributed by atoms with Gasteiger partial charge in [0.05, 0.1) is 5.69 Å². The quantitative estimate of drug-likeness (QED) is 0.788. The normalized spacial score (nSPS) is 21.0. The summed E-state index contributed by atoms with van der Waals surface area (Å²) >= 11 is 6.24. The van der Waals surface area contributed by atoms with Gasteiger partial charge >= 0.3 is 6.09 Å². The van der Waals surface area contributed by atoms with Crippen LogP contribution in [0.3, 0.4) is 0 Å². The number of carbonyl (C=O) groups is 1. The minimum Gasteiger partial charge on any atom is -0.444 e. The first kappa shape index (κ1) is 18.4.